The number of nitrogens with zero attached hydrogens (tertiary/aromatic N) is 2. The van der Waals surface area contributed by atoms with E-state index in [2.05, 4.69) is 17.3 Å². The maximum atomic E-state index is 13.4. The highest BCUT2D eigenvalue weighted by Crippen LogP contribution is 2.43. The highest BCUT2D eigenvalue weighted by molar-refractivity contribution is 6.36. The highest BCUT2D eigenvalue weighted by atomic mass is 35.5. The van der Waals surface area contributed by atoms with E-state index in [1.54, 1.807) is 41.3 Å². The summed E-state index contributed by atoms with van der Waals surface area (Å²) >= 11 is 6.48. The van der Waals surface area contributed by atoms with Crippen LogP contribution in [0.4, 0.5) is 17.1 Å². The summed E-state index contributed by atoms with van der Waals surface area (Å²) in [5.41, 5.74) is 2.16. The molecule has 2 aromatic rings. The van der Waals surface area contributed by atoms with Gasteiger partial charge in [-0.25, -0.2) is 0 Å². The molecule has 0 aliphatic carbocycles. The average Bonchev–Trinajstić information content (AvgIpc) is 2.79. The molecule has 0 aromatic heterocycles. The third-order valence-electron chi connectivity index (χ3n) is 5.40. The number of likely N-dealkylation sites (tertiary alicyclic amines) is 1. The average molecular weight is 420 g/mol. The van der Waals surface area contributed by atoms with Crippen molar-refractivity contribution in [1.29, 1.82) is 0 Å². The van der Waals surface area contributed by atoms with Gasteiger partial charge in [-0.05, 0) is 63.2 Å². The fourth-order valence-electron chi connectivity index (χ4n) is 3.88. The first-order chi connectivity index (χ1) is 13.0. The second-order valence-electron chi connectivity index (χ2n) is 7.29. The van der Waals surface area contributed by atoms with Gasteiger partial charge >= 0.3 is 0 Å². The van der Waals surface area contributed by atoms with Crippen LogP contribution >= 0.6 is 24.0 Å². The third kappa shape index (κ3) is 3.88. The summed E-state index contributed by atoms with van der Waals surface area (Å²) in [7, 11) is 2.11. The van der Waals surface area contributed by atoms with Crippen LogP contribution < -0.4 is 10.2 Å². The number of piperidine rings is 1. The van der Waals surface area contributed by atoms with Crippen molar-refractivity contribution in [3.63, 3.8) is 0 Å². The maximum Gasteiger partial charge on any atom is 0.257 e. The molecule has 0 saturated carbocycles. The second-order valence-corrected chi connectivity index (χ2v) is 7.69. The molecule has 5 nitrogen and oxygen atoms in total. The van der Waals surface area contributed by atoms with Crippen molar-refractivity contribution < 1.29 is 9.59 Å². The number of anilines is 3. The Morgan fingerprint density at radius 2 is 1.86 bits per heavy atom. The largest absolute Gasteiger partial charge is 0.320 e. The third-order valence-corrected chi connectivity index (χ3v) is 5.70. The van der Waals surface area contributed by atoms with Gasteiger partial charge in [0.05, 0.1) is 27.6 Å². The lowest BCUT2D eigenvalue weighted by Crippen LogP contribution is -2.34. The summed E-state index contributed by atoms with van der Waals surface area (Å²) in [6, 6.07) is 12.5. The molecule has 0 spiro atoms. The predicted octanol–water partition coefficient (Wildman–Crippen LogP) is 4.72. The number of amides is 2. The monoisotopic (exact) mass is 419 g/mol. The molecule has 2 aliphatic rings. The Morgan fingerprint density at radius 1 is 1.14 bits per heavy atom. The van der Waals surface area contributed by atoms with Crippen LogP contribution in [-0.2, 0) is 4.79 Å². The molecule has 2 aromatic carbocycles. The lowest BCUT2D eigenvalue weighted by atomic mass is 9.93. The molecule has 28 heavy (non-hydrogen) atoms. The molecular formula is C21H23Cl2N3O2. The second kappa shape index (κ2) is 8.52. The van der Waals surface area contributed by atoms with E-state index in [0.29, 0.717) is 40.0 Å². The minimum atomic E-state index is -0.233. The summed E-state index contributed by atoms with van der Waals surface area (Å²) in [5, 5.41) is 3.34. The number of para-hydroxylation sites is 2. The molecule has 2 amide bonds. The van der Waals surface area contributed by atoms with E-state index >= 15 is 0 Å². The standard InChI is InChI=1S/C21H22ClN3O2.ClH/c1-24-11-9-14(10-12-24)13-19(26)25-18-8-3-2-5-15(18)21(27)23-17-7-4-6-16(22)20(17)25;/h2-8,14H,9-13H2,1H3,(H,23,27);1H. The van der Waals surface area contributed by atoms with Crippen LogP contribution in [-0.4, -0.2) is 36.9 Å². The van der Waals surface area contributed by atoms with E-state index in [0.717, 1.165) is 25.9 Å². The van der Waals surface area contributed by atoms with Gasteiger partial charge in [0, 0.05) is 6.42 Å². The minimum absolute atomic E-state index is 0. The van der Waals surface area contributed by atoms with Crippen molar-refractivity contribution in [2.75, 3.05) is 30.4 Å². The van der Waals surface area contributed by atoms with Gasteiger partial charge in [0.2, 0.25) is 5.91 Å². The fraction of sp³-hybridized carbons (Fsp3) is 0.333. The van der Waals surface area contributed by atoms with Crippen molar-refractivity contribution in [3.05, 3.63) is 53.1 Å². The van der Waals surface area contributed by atoms with Gasteiger partial charge in [-0.3, -0.25) is 14.5 Å². The Labute approximate surface area is 176 Å². The van der Waals surface area contributed by atoms with Crippen LogP contribution in [0.15, 0.2) is 42.5 Å². The van der Waals surface area contributed by atoms with Gasteiger partial charge in [-0.2, -0.15) is 0 Å². The molecule has 0 bridgehead atoms. The molecule has 2 aliphatic heterocycles. The van der Waals surface area contributed by atoms with E-state index in [1.807, 2.05) is 6.07 Å². The first-order valence-electron chi connectivity index (χ1n) is 9.25. The predicted molar refractivity (Wildman–Crippen MR) is 115 cm³/mol. The number of halogens is 2. The quantitative estimate of drug-likeness (QED) is 0.765. The number of benzene rings is 2. The molecule has 1 saturated heterocycles. The summed E-state index contributed by atoms with van der Waals surface area (Å²) in [6.45, 7) is 2.01. The molecule has 2 heterocycles. The van der Waals surface area contributed by atoms with Gasteiger partial charge in [-0.15, -0.1) is 12.4 Å². The Balaban J connectivity index is 0.00000225. The van der Waals surface area contributed by atoms with Gasteiger partial charge < -0.3 is 10.2 Å². The van der Waals surface area contributed by atoms with Crippen LogP contribution in [0.5, 0.6) is 0 Å². The number of carbonyl (C=O) groups is 2. The molecule has 0 radical (unpaired) electrons. The first kappa shape index (κ1) is 20.6. The highest BCUT2D eigenvalue weighted by Gasteiger charge is 2.32. The van der Waals surface area contributed by atoms with E-state index in [1.165, 1.54) is 0 Å². The van der Waals surface area contributed by atoms with Crippen molar-refractivity contribution in [2.24, 2.45) is 5.92 Å². The van der Waals surface area contributed by atoms with Crippen molar-refractivity contribution in [3.8, 4) is 0 Å². The first-order valence-corrected chi connectivity index (χ1v) is 9.63. The topological polar surface area (TPSA) is 52.7 Å². The van der Waals surface area contributed by atoms with Crippen LogP contribution in [0.3, 0.4) is 0 Å². The summed E-state index contributed by atoms with van der Waals surface area (Å²) in [5.74, 6) is 0.0882. The van der Waals surface area contributed by atoms with Crippen molar-refractivity contribution in [1.82, 2.24) is 4.90 Å². The van der Waals surface area contributed by atoms with Gasteiger partial charge in [-0.1, -0.05) is 29.8 Å². The normalized spacial score (nSPS) is 17.1. The van der Waals surface area contributed by atoms with Crippen molar-refractivity contribution >= 4 is 52.9 Å². The Kier molecular flexibility index (Phi) is 6.28. The number of hydrogen-bond acceptors (Lipinski definition) is 3. The fourth-order valence-corrected chi connectivity index (χ4v) is 4.14. The van der Waals surface area contributed by atoms with Crippen LogP contribution in [0.2, 0.25) is 5.02 Å². The number of carbonyl (C=O) groups excluding carboxylic acids is 2. The van der Waals surface area contributed by atoms with Crippen LogP contribution in [0.1, 0.15) is 29.6 Å². The summed E-state index contributed by atoms with van der Waals surface area (Å²) in [4.78, 5) is 30.0. The lowest BCUT2D eigenvalue weighted by molar-refractivity contribution is -0.119. The lowest BCUT2D eigenvalue weighted by Gasteiger charge is -2.31. The zero-order chi connectivity index (χ0) is 19.0. The van der Waals surface area contributed by atoms with E-state index < -0.39 is 0 Å². The van der Waals surface area contributed by atoms with Gasteiger partial charge in [0.1, 0.15) is 0 Å². The van der Waals surface area contributed by atoms with Crippen LogP contribution in [0, 0.1) is 5.92 Å². The van der Waals surface area contributed by atoms with Gasteiger partial charge in [0.25, 0.3) is 5.91 Å². The molecule has 4 rings (SSSR count). The Morgan fingerprint density at radius 3 is 2.61 bits per heavy atom. The minimum Gasteiger partial charge on any atom is -0.320 e. The smallest absolute Gasteiger partial charge is 0.257 e. The number of rotatable bonds is 2. The molecule has 7 heteroatoms. The molecule has 0 atom stereocenters. The Bertz CT molecular complexity index is 895. The number of nitrogens with one attached hydrogen (secondary N) is 1. The van der Waals surface area contributed by atoms with E-state index in [9.17, 15) is 9.59 Å². The zero-order valence-electron chi connectivity index (χ0n) is 15.7. The summed E-state index contributed by atoms with van der Waals surface area (Å²) < 4.78 is 0. The molecule has 1 N–H and O–H groups in total. The van der Waals surface area contributed by atoms with Crippen LogP contribution in [0.25, 0.3) is 0 Å². The van der Waals surface area contributed by atoms with Gasteiger partial charge in [0.15, 0.2) is 0 Å². The SMILES string of the molecule is CN1CCC(CC(=O)N2c3ccccc3C(=O)Nc3cccc(Cl)c32)CC1.Cl. The molecule has 0 unspecified atom stereocenters. The number of fused-ring (bicyclic) bond motifs is 2. The summed E-state index contributed by atoms with van der Waals surface area (Å²) in [6.07, 6.45) is 2.45. The maximum absolute atomic E-state index is 13.4. The zero-order valence-corrected chi connectivity index (χ0v) is 17.2. The Hall–Kier alpha value is -2.08. The number of hydrogen-bond donors (Lipinski definition) is 1. The molecule has 1 fully saturated rings. The molecule has 148 valence electrons. The van der Waals surface area contributed by atoms with E-state index in [-0.39, 0.29) is 24.2 Å². The van der Waals surface area contributed by atoms with E-state index in [4.69, 9.17) is 11.6 Å². The van der Waals surface area contributed by atoms with Crippen molar-refractivity contribution in [2.45, 2.75) is 19.3 Å². The molecular weight excluding hydrogens is 397 g/mol.